The van der Waals surface area contributed by atoms with E-state index in [9.17, 15) is 4.79 Å². The molecule has 0 spiro atoms. The zero-order chi connectivity index (χ0) is 14.7. The van der Waals surface area contributed by atoms with Gasteiger partial charge in [-0.2, -0.15) is 0 Å². The summed E-state index contributed by atoms with van der Waals surface area (Å²) in [6, 6.07) is 19.8. The fourth-order valence-electron chi connectivity index (χ4n) is 2.90. The highest BCUT2D eigenvalue weighted by Gasteiger charge is 2.44. The molecule has 0 bridgehead atoms. The molecule has 0 aliphatic carbocycles. The molecule has 108 valence electrons. The quantitative estimate of drug-likeness (QED) is 0.900. The van der Waals surface area contributed by atoms with Gasteiger partial charge in [-0.1, -0.05) is 60.7 Å². The first-order chi connectivity index (χ1) is 10.3. The van der Waals surface area contributed by atoms with Crippen LogP contribution in [0, 0.1) is 0 Å². The van der Waals surface area contributed by atoms with E-state index in [2.05, 4.69) is 5.32 Å². The van der Waals surface area contributed by atoms with Gasteiger partial charge in [0.15, 0.2) is 0 Å². The van der Waals surface area contributed by atoms with E-state index >= 15 is 0 Å². The number of hydrogen-bond donors (Lipinski definition) is 2. The molecule has 0 aromatic heterocycles. The normalized spacial score (nSPS) is 16.8. The zero-order valence-electron chi connectivity index (χ0n) is 11.7. The summed E-state index contributed by atoms with van der Waals surface area (Å²) in [5.41, 5.74) is 1.53. The van der Waals surface area contributed by atoms with Crippen molar-refractivity contribution in [3.05, 3.63) is 71.8 Å². The van der Waals surface area contributed by atoms with Crippen LogP contribution in [0.25, 0.3) is 0 Å². The highest BCUT2D eigenvalue weighted by atomic mass is 16.3. The summed E-state index contributed by atoms with van der Waals surface area (Å²) in [6.07, 6.45) is 0. The fourth-order valence-corrected chi connectivity index (χ4v) is 2.90. The van der Waals surface area contributed by atoms with E-state index in [-0.39, 0.29) is 12.6 Å². The van der Waals surface area contributed by atoms with Gasteiger partial charge in [-0.3, -0.25) is 0 Å². The molecule has 4 heteroatoms. The lowest BCUT2D eigenvalue weighted by Crippen LogP contribution is -2.41. The van der Waals surface area contributed by atoms with E-state index in [0.29, 0.717) is 13.1 Å². The van der Waals surface area contributed by atoms with Crippen LogP contribution >= 0.6 is 0 Å². The first-order valence-corrected chi connectivity index (χ1v) is 7.05. The maximum absolute atomic E-state index is 12.2. The third-order valence-corrected chi connectivity index (χ3v) is 3.94. The third-order valence-electron chi connectivity index (χ3n) is 3.94. The van der Waals surface area contributed by atoms with Gasteiger partial charge in [0.05, 0.1) is 13.2 Å². The maximum atomic E-state index is 12.2. The Morgan fingerprint density at radius 3 is 2.00 bits per heavy atom. The molecular formula is C17H18N2O2. The predicted molar refractivity (Wildman–Crippen MR) is 80.9 cm³/mol. The number of nitrogens with one attached hydrogen (secondary N) is 1. The van der Waals surface area contributed by atoms with E-state index < -0.39 is 5.54 Å². The Balaban J connectivity index is 2.08. The number of nitrogens with zero attached hydrogens (tertiary/aromatic N) is 1. The van der Waals surface area contributed by atoms with Crippen LogP contribution < -0.4 is 5.32 Å². The second kappa shape index (κ2) is 5.58. The molecule has 1 aliphatic heterocycles. The first-order valence-electron chi connectivity index (χ1n) is 7.05. The van der Waals surface area contributed by atoms with Crippen LogP contribution in [0.15, 0.2) is 60.7 Å². The van der Waals surface area contributed by atoms with E-state index in [1.54, 1.807) is 4.90 Å². The molecule has 1 heterocycles. The van der Waals surface area contributed by atoms with Crippen LogP contribution in [0.3, 0.4) is 0 Å². The highest BCUT2D eigenvalue weighted by molar-refractivity contribution is 5.79. The number of carbonyl (C=O) groups is 1. The van der Waals surface area contributed by atoms with Gasteiger partial charge < -0.3 is 15.3 Å². The van der Waals surface area contributed by atoms with Gasteiger partial charge in [0.25, 0.3) is 0 Å². The minimum atomic E-state index is -0.561. The second-order valence-electron chi connectivity index (χ2n) is 5.21. The van der Waals surface area contributed by atoms with Crippen LogP contribution in [0.4, 0.5) is 4.79 Å². The van der Waals surface area contributed by atoms with Crippen LogP contribution in [-0.2, 0) is 5.54 Å². The Morgan fingerprint density at radius 2 is 1.52 bits per heavy atom. The topological polar surface area (TPSA) is 52.6 Å². The van der Waals surface area contributed by atoms with E-state index in [4.69, 9.17) is 5.11 Å². The molecule has 0 unspecified atom stereocenters. The minimum absolute atomic E-state index is 0.0346. The largest absolute Gasteiger partial charge is 0.395 e. The van der Waals surface area contributed by atoms with E-state index in [1.807, 2.05) is 60.7 Å². The Labute approximate surface area is 124 Å². The smallest absolute Gasteiger partial charge is 0.318 e. The average Bonchev–Trinajstić information content (AvgIpc) is 2.88. The second-order valence-corrected chi connectivity index (χ2v) is 5.21. The number of urea groups is 1. The minimum Gasteiger partial charge on any atom is -0.395 e. The monoisotopic (exact) mass is 282 g/mol. The number of amides is 2. The van der Waals surface area contributed by atoms with Crippen LogP contribution in [0.2, 0.25) is 0 Å². The van der Waals surface area contributed by atoms with Crippen molar-refractivity contribution in [3.8, 4) is 0 Å². The Bertz CT molecular complexity index is 574. The molecule has 2 aromatic carbocycles. The van der Waals surface area contributed by atoms with Crippen LogP contribution in [0.5, 0.6) is 0 Å². The van der Waals surface area contributed by atoms with Gasteiger partial charge in [-0.15, -0.1) is 0 Å². The third kappa shape index (κ3) is 2.38. The van der Waals surface area contributed by atoms with Gasteiger partial charge in [-0.25, -0.2) is 4.79 Å². The fraction of sp³-hybridized carbons (Fsp3) is 0.235. The first kappa shape index (κ1) is 13.6. The standard InChI is InChI=1S/C17H18N2O2/c20-12-11-19-13-17(18-16(19)21,14-7-3-1-4-8-14)15-9-5-2-6-10-15/h1-10,20H,11-13H2,(H,18,21). The molecule has 2 aromatic rings. The molecule has 0 saturated carbocycles. The summed E-state index contributed by atoms with van der Waals surface area (Å²) >= 11 is 0. The van der Waals surface area contributed by atoms with Crippen molar-refractivity contribution >= 4 is 6.03 Å². The lowest BCUT2D eigenvalue weighted by Gasteiger charge is -2.30. The highest BCUT2D eigenvalue weighted by Crippen LogP contribution is 2.34. The summed E-state index contributed by atoms with van der Waals surface area (Å²) in [5.74, 6) is 0. The number of β-amino-alcohol motifs (C(OH)–C–C–N with tert-alkyl or cyclic N) is 1. The summed E-state index contributed by atoms with van der Waals surface area (Å²) < 4.78 is 0. The van der Waals surface area contributed by atoms with Crippen molar-refractivity contribution in [1.29, 1.82) is 0 Å². The lowest BCUT2D eigenvalue weighted by atomic mass is 9.83. The van der Waals surface area contributed by atoms with Crippen molar-refractivity contribution in [1.82, 2.24) is 10.2 Å². The Hall–Kier alpha value is -2.33. The Morgan fingerprint density at radius 1 is 1.00 bits per heavy atom. The number of aliphatic hydroxyl groups is 1. The predicted octanol–water partition coefficient (Wildman–Crippen LogP) is 1.95. The molecular weight excluding hydrogens is 264 g/mol. The van der Waals surface area contributed by atoms with Gasteiger partial charge in [-0.05, 0) is 11.1 Å². The molecule has 21 heavy (non-hydrogen) atoms. The maximum Gasteiger partial charge on any atom is 0.318 e. The van der Waals surface area contributed by atoms with Gasteiger partial charge in [0.2, 0.25) is 0 Å². The van der Waals surface area contributed by atoms with Crippen LogP contribution in [-0.4, -0.2) is 35.7 Å². The summed E-state index contributed by atoms with van der Waals surface area (Å²) in [4.78, 5) is 13.9. The molecule has 2 amide bonds. The molecule has 0 atom stereocenters. The molecule has 2 N–H and O–H groups in total. The zero-order valence-corrected chi connectivity index (χ0v) is 11.7. The van der Waals surface area contributed by atoms with Crippen molar-refractivity contribution in [2.45, 2.75) is 5.54 Å². The number of rotatable bonds is 4. The van der Waals surface area contributed by atoms with E-state index in [0.717, 1.165) is 11.1 Å². The molecule has 1 fully saturated rings. The number of carbonyl (C=O) groups excluding carboxylic acids is 1. The number of aliphatic hydroxyl groups excluding tert-OH is 1. The lowest BCUT2D eigenvalue weighted by molar-refractivity contribution is 0.196. The Kier molecular flexibility index (Phi) is 3.62. The van der Waals surface area contributed by atoms with Gasteiger partial charge >= 0.3 is 6.03 Å². The van der Waals surface area contributed by atoms with Gasteiger partial charge in [0.1, 0.15) is 5.54 Å². The summed E-state index contributed by atoms with van der Waals surface area (Å²) in [7, 11) is 0. The average molecular weight is 282 g/mol. The molecule has 1 aliphatic rings. The number of hydrogen-bond acceptors (Lipinski definition) is 2. The summed E-state index contributed by atoms with van der Waals surface area (Å²) in [5, 5.41) is 12.2. The van der Waals surface area contributed by atoms with Gasteiger partial charge in [0, 0.05) is 6.54 Å². The van der Waals surface area contributed by atoms with Crippen molar-refractivity contribution in [2.75, 3.05) is 19.7 Å². The SMILES string of the molecule is O=C1NC(c2ccccc2)(c2ccccc2)CN1CCO. The molecule has 0 radical (unpaired) electrons. The van der Waals surface area contributed by atoms with Crippen molar-refractivity contribution in [2.24, 2.45) is 0 Å². The van der Waals surface area contributed by atoms with Crippen molar-refractivity contribution in [3.63, 3.8) is 0 Å². The summed E-state index contributed by atoms with van der Waals surface area (Å²) in [6.45, 7) is 0.820. The number of benzene rings is 2. The molecule has 4 nitrogen and oxygen atoms in total. The van der Waals surface area contributed by atoms with Crippen LogP contribution in [0.1, 0.15) is 11.1 Å². The van der Waals surface area contributed by atoms with Crippen molar-refractivity contribution < 1.29 is 9.90 Å². The molecule has 3 rings (SSSR count). The molecule has 1 saturated heterocycles. The van der Waals surface area contributed by atoms with E-state index in [1.165, 1.54) is 0 Å².